The molecule has 0 amide bonds. The molecule has 0 bridgehead atoms. The minimum atomic E-state index is -0.648. The number of ether oxygens (including phenoxy) is 1. The molecule has 4 aliphatic rings. The van der Waals surface area contributed by atoms with E-state index in [4.69, 9.17) is 14.8 Å². The molecule has 3 aliphatic heterocycles. The molecule has 1 saturated heterocycles. The molecule has 2 atom stereocenters. The van der Waals surface area contributed by atoms with Crippen molar-refractivity contribution in [1.82, 2.24) is 9.91 Å². The monoisotopic (exact) mass is 527 g/mol. The van der Waals surface area contributed by atoms with Crippen LogP contribution in [-0.4, -0.2) is 67.1 Å². The molecule has 0 aromatic heterocycles. The summed E-state index contributed by atoms with van der Waals surface area (Å²) in [5.74, 6) is 0.267. The molecule has 3 aromatic rings. The van der Waals surface area contributed by atoms with Gasteiger partial charge in [0.25, 0.3) is 0 Å². The Hall–Kier alpha value is -4.13. The van der Waals surface area contributed by atoms with Crippen molar-refractivity contribution in [1.29, 1.82) is 0 Å². The van der Waals surface area contributed by atoms with E-state index in [-0.39, 0.29) is 12.1 Å². The molecule has 40 heavy (non-hydrogen) atoms. The summed E-state index contributed by atoms with van der Waals surface area (Å²) in [6, 6.07) is 32.1. The Morgan fingerprint density at radius 3 is 1.98 bits per heavy atom. The minimum Gasteiger partial charge on any atom is -0.379 e. The predicted molar refractivity (Wildman–Crippen MR) is 161 cm³/mol. The van der Waals surface area contributed by atoms with Gasteiger partial charge in [0.2, 0.25) is 0 Å². The summed E-state index contributed by atoms with van der Waals surface area (Å²) in [6.07, 6.45) is 5.34. The molecule has 7 rings (SSSR count). The molecular weight excluding hydrogens is 494 g/mol. The quantitative estimate of drug-likeness (QED) is 0.238. The normalized spacial score (nSPS) is 23.8. The van der Waals surface area contributed by atoms with Gasteiger partial charge in [-0.2, -0.15) is 5.10 Å². The van der Waals surface area contributed by atoms with E-state index in [2.05, 4.69) is 119 Å². The van der Waals surface area contributed by atoms with Crippen LogP contribution in [0, 0.1) is 5.92 Å². The molecule has 6 heteroatoms. The van der Waals surface area contributed by atoms with Crippen molar-refractivity contribution in [3.05, 3.63) is 131 Å². The summed E-state index contributed by atoms with van der Waals surface area (Å²) in [5.41, 5.74) is 7.31. The van der Waals surface area contributed by atoms with Gasteiger partial charge >= 0.3 is 0 Å². The van der Waals surface area contributed by atoms with Crippen molar-refractivity contribution >= 4 is 18.1 Å². The van der Waals surface area contributed by atoms with E-state index in [0.29, 0.717) is 6.54 Å². The highest BCUT2D eigenvalue weighted by Gasteiger charge is 2.48. The van der Waals surface area contributed by atoms with E-state index in [1.54, 1.807) is 0 Å². The number of aliphatic imine (C=N–C) groups is 2. The number of rotatable bonds is 7. The van der Waals surface area contributed by atoms with Crippen LogP contribution in [0.25, 0.3) is 0 Å². The Kier molecular flexibility index (Phi) is 6.50. The molecule has 1 fully saturated rings. The average Bonchev–Trinajstić information content (AvgIpc) is 3.71. The smallest absolute Gasteiger partial charge is 0.133 e. The molecule has 200 valence electrons. The maximum Gasteiger partial charge on any atom is 0.133 e. The van der Waals surface area contributed by atoms with Crippen molar-refractivity contribution in [3.63, 3.8) is 0 Å². The van der Waals surface area contributed by atoms with Crippen LogP contribution in [0.4, 0.5) is 0 Å². The fraction of sp³-hybridized carbons (Fsp3) is 0.265. The van der Waals surface area contributed by atoms with Crippen molar-refractivity contribution in [2.45, 2.75) is 18.1 Å². The van der Waals surface area contributed by atoms with Crippen LogP contribution in [0.2, 0.25) is 0 Å². The topological polar surface area (TPSA) is 52.8 Å². The lowest BCUT2D eigenvalue weighted by Gasteiger charge is -2.42. The summed E-state index contributed by atoms with van der Waals surface area (Å²) in [5, 5.41) is 7.70. The molecule has 3 heterocycles. The molecule has 0 spiro atoms. The highest BCUT2D eigenvalue weighted by Crippen LogP contribution is 2.46. The highest BCUT2D eigenvalue weighted by molar-refractivity contribution is 6.51. The van der Waals surface area contributed by atoms with Crippen molar-refractivity contribution in [2.75, 3.05) is 32.8 Å². The van der Waals surface area contributed by atoms with Crippen LogP contribution in [0.1, 0.15) is 23.1 Å². The lowest BCUT2D eigenvalue weighted by atomic mass is 9.76. The van der Waals surface area contributed by atoms with Crippen molar-refractivity contribution in [2.24, 2.45) is 21.0 Å². The molecule has 0 saturated carbocycles. The zero-order valence-corrected chi connectivity index (χ0v) is 22.6. The van der Waals surface area contributed by atoms with Crippen LogP contribution in [-0.2, 0) is 10.3 Å². The second-order valence-electron chi connectivity index (χ2n) is 10.7. The Bertz CT molecular complexity index is 1410. The van der Waals surface area contributed by atoms with Crippen LogP contribution in [0.5, 0.6) is 0 Å². The Morgan fingerprint density at radius 2 is 1.43 bits per heavy atom. The number of nitrogens with zero attached hydrogens (tertiary/aromatic N) is 5. The Balaban J connectivity index is 1.40. The number of benzene rings is 3. The number of hydrazone groups is 1. The lowest BCUT2D eigenvalue weighted by molar-refractivity contribution is 0.0181. The zero-order chi connectivity index (χ0) is 26.9. The highest BCUT2D eigenvalue weighted by atomic mass is 16.5. The van der Waals surface area contributed by atoms with Crippen LogP contribution < -0.4 is 0 Å². The van der Waals surface area contributed by atoms with E-state index in [0.717, 1.165) is 66.4 Å². The van der Waals surface area contributed by atoms with Gasteiger partial charge in [-0.3, -0.25) is 19.9 Å². The molecule has 3 aromatic carbocycles. The second kappa shape index (κ2) is 10.5. The van der Waals surface area contributed by atoms with Gasteiger partial charge in [-0.15, -0.1) is 0 Å². The van der Waals surface area contributed by atoms with E-state index in [9.17, 15) is 0 Å². The molecule has 1 unspecified atom stereocenters. The average molecular weight is 528 g/mol. The van der Waals surface area contributed by atoms with Gasteiger partial charge in [-0.1, -0.05) is 103 Å². The van der Waals surface area contributed by atoms with Crippen LogP contribution in [0.15, 0.2) is 130 Å². The maximum atomic E-state index is 5.62. The summed E-state index contributed by atoms with van der Waals surface area (Å²) in [6.45, 7) is 7.75. The number of hydrogen-bond donors (Lipinski definition) is 0. The van der Waals surface area contributed by atoms with E-state index >= 15 is 0 Å². The van der Waals surface area contributed by atoms with Gasteiger partial charge in [0.15, 0.2) is 0 Å². The number of allylic oxidation sites excluding steroid dienone is 1. The molecule has 0 radical (unpaired) electrons. The molecule has 0 N–H and O–H groups in total. The first kappa shape index (κ1) is 24.9. The Labute approximate surface area is 235 Å². The first-order chi connectivity index (χ1) is 19.8. The van der Waals surface area contributed by atoms with Gasteiger partial charge in [0, 0.05) is 37.2 Å². The SMILES string of the molecule is C=N/C=C1\CN(C(c2ccccc2)(c2ccccc2)c2ccccc2)N=C1C1=NC(N2CCOCC2)CC2=C[C@@H]21. The number of hydrogen-bond acceptors (Lipinski definition) is 6. The summed E-state index contributed by atoms with van der Waals surface area (Å²) >= 11 is 0. The molecule has 1 aliphatic carbocycles. The van der Waals surface area contributed by atoms with Gasteiger partial charge < -0.3 is 4.74 Å². The van der Waals surface area contributed by atoms with Crippen LogP contribution in [0.3, 0.4) is 0 Å². The molecule has 6 nitrogen and oxygen atoms in total. The van der Waals surface area contributed by atoms with E-state index in [1.807, 2.05) is 6.20 Å². The first-order valence-electron chi connectivity index (χ1n) is 14.1. The summed E-state index contributed by atoms with van der Waals surface area (Å²) in [4.78, 5) is 12.0. The summed E-state index contributed by atoms with van der Waals surface area (Å²) in [7, 11) is 0. The third-order valence-corrected chi connectivity index (χ3v) is 8.44. The standard InChI is InChI=1S/C34H33N5O/c1-35-23-26-24-39(37-32(26)33-30-21-25(30)22-31(36-33)38-17-19-40-20-18-38)34(27-11-5-2-6-12-27,28-13-7-3-8-14-28)29-15-9-4-10-16-29/h2-16,21,23,30-31H,1,17-20,22,24H2/b26-23+/t30-,31?/m0/s1. The Morgan fingerprint density at radius 1 is 0.850 bits per heavy atom. The summed E-state index contributed by atoms with van der Waals surface area (Å²) < 4.78 is 5.62. The van der Waals surface area contributed by atoms with E-state index in [1.165, 1.54) is 5.57 Å². The predicted octanol–water partition coefficient (Wildman–Crippen LogP) is 5.29. The zero-order valence-electron chi connectivity index (χ0n) is 22.6. The maximum absolute atomic E-state index is 5.62. The third-order valence-electron chi connectivity index (χ3n) is 8.44. The van der Waals surface area contributed by atoms with Gasteiger partial charge in [-0.25, -0.2) is 0 Å². The second-order valence-corrected chi connectivity index (χ2v) is 10.7. The third kappa shape index (κ3) is 4.24. The van der Waals surface area contributed by atoms with Crippen molar-refractivity contribution < 1.29 is 4.74 Å². The number of morpholine rings is 1. The van der Waals surface area contributed by atoms with Crippen LogP contribution >= 0.6 is 0 Å². The van der Waals surface area contributed by atoms with E-state index < -0.39 is 5.54 Å². The fourth-order valence-electron chi connectivity index (χ4n) is 6.47. The van der Waals surface area contributed by atoms with Gasteiger partial charge in [-0.05, 0) is 23.4 Å². The largest absolute Gasteiger partial charge is 0.379 e. The molecular formula is C34H33N5O. The van der Waals surface area contributed by atoms with Gasteiger partial charge in [0.05, 0.1) is 25.5 Å². The van der Waals surface area contributed by atoms with Crippen molar-refractivity contribution in [3.8, 4) is 0 Å². The lowest BCUT2D eigenvalue weighted by Crippen LogP contribution is -2.44. The fourth-order valence-corrected chi connectivity index (χ4v) is 6.47. The number of fused-ring (bicyclic) bond motifs is 1. The first-order valence-corrected chi connectivity index (χ1v) is 14.1. The minimum absolute atomic E-state index is 0.126. The van der Waals surface area contributed by atoms with Gasteiger partial charge in [0.1, 0.15) is 17.4 Å².